The van der Waals surface area contributed by atoms with Gasteiger partial charge in [-0.3, -0.25) is 4.79 Å². The Morgan fingerprint density at radius 3 is 2.18 bits per heavy atom. The number of hydrogen-bond acceptors (Lipinski definition) is 4. The second-order valence-electron chi connectivity index (χ2n) is 7.14. The van der Waals surface area contributed by atoms with Crippen molar-refractivity contribution in [2.24, 2.45) is 0 Å². The summed E-state index contributed by atoms with van der Waals surface area (Å²) in [7, 11) is 0. The molecule has 2 aromatic rings. The molecule has 2 heterocycles. The minimum atomic E-state index is -0.233. The third-order valence-electron chi connectivity index (χ3n) is 5.08. The topological polar surface area (TPSA) is 39.7 Å². The highest BCUT2D eigenvalue weighted by Gasteiger charge is 2.23. The van der Waals surface area contributed by atoms with E-state index >= 15 is 0 Å². The van der Waals surface area contributed by atoms with Gasteiger partial charge in [-0.2, -0.15) is 0 Å². The Morgan fingerprint density at radius 1 is 1.00 bits per heavy atom. The molecule has 0 radical (unpaired) electrons. The molecule has 0 bridgehead atoms. The van der Waals surface area contributed by atoms with E-state index in [1.165, 1.54) is 12.1 Å². The lowest BCUT2D eigenvalue weighted by molar-refractivity contribution is 0.0741. The molecule has 150 valence electrons. The van der Waals surface area contributed by atoms with Gasteiger partial charge in [0.25, 0.3) is 5.91 Å². The van der Waals surface area contributed by atoms with E-state index < -0.39 is 0 Å². The minimum Gasteiger partial charge on any atom is -0.370 e. The number of piperazine rings is 1. The highest BCUT2D eigenvalue weighted by Crippen LogP contribution is 2.19. The molecule has 1 fully saturated rings. The lowest BCUT2D eigenvalue weighted by Gasteiger charge is -2.36. The normalized spacial score (nSPS) is 14.2. The molecule has 5 nitrogen and oxygen atoms in total. The Hall–Kier alpha value is -2.63. The van der Waals surface area contributed by atoms with Crippen LogP contribution in [0.5, 0.6) is 0 Å². The van der Waals surface area contributed by atoms with Crippen molar-refractivity contribution in [3.05, 3.63) is 54.1 Å². The monoisotopic (exact) mass is 384 g/mol. The number of benzene rings is 1. The Bertz CT molecular complexity index is 749. The van der Waals surface area contributed by atoms with Gasteiger partial charge in [-0.1, -0.05) is 13.8 Å². The second kappa shape index (κ2) is 9.53. The first-order chi connectivity index (χ1) is 13.6. The van der Waals surface area contributed by atoms with Gasteiger partial charge >= 0.3 is 0 Å². The van der Waals surface area contributed by atoms with Crippen LogP contribution in [-0.2, 0) is 0 Å². The fourth-order valence-electron chi connectivity index (χ4n) is 3.59. The lowest BCUT2D eigenvalue weighted by Crippen LogP contribution is -2.49. The van der Waals surface area contributed by atoms with Crippen molar-refractivity contribution in [2.75, 3.05) is 49.1 Å². The second-order valence-corrected chi connectivity index (χ2v) is 7.14. The maximum absolute atomic E-state index is 13.1. The van der Waals surface area contributed by atoms with Gasteiger partial charge in [0, 0.05) is 45.0 Å². The maximum Gasteiger partial charge on any atom is 0.272 e. The predicted molar refractivity (Wildman–Crippen MR) is 112 cm³/mol. The quantitative estimate of drug-likeness (QED) is 0.728. The van der Waals surface area contributed by atoms with Crippen molar-refractivity contribution in [3.8, 4) is 0 Å². The minimum absolute atomic E-state index is 0.0251. The molecule has 1 aliphatic heterocycles. The van der Waals surface area contributed by atoms with Crippen LogP contribution in [0, 0.1) is 5.82 Å². The molecule has 0 atom stereocenters. The van der Waals surface area contributed by atoms with Crippen molar-refractivity contribution in [1.29, 1.82) is 0 Å². The zero-order chi connectivity index (χ0) is 19.9. The molecule has 0 unspecified atom stereocenters. The van der Waals surface area contributed by atoms with E-state index in [1.807, 2.05) is 23.2 Å². The van der Waals surface area contributed by atoms with Crippen LogP contribution >= 0.6 is 0 Å². The summed E-state index contributed by atoms with van der Waals surface area (Å²) in [5.74, 6) is -0.258. The molecule has 0 saturated carbocycles. The number of nitrogens with zero attached hydrogens (tertiary/aromatic N) is 4. The zero-order valence-electron chi connectivity index (χ0n) is 16.8. The molecule has 0 aliphatic carbocycles. The van der Waals surface area contributed by atoms with Crippen LogP contribution in [0.4, 0.5) is 15.8 Å². The van der Waals surface area contributed by atoms with E-state index in [2.05, 4.69) is 28.6 Å². The summed E-state index contributed by atoms with van der Waals surface area (Å²) in [6, 6.07) is 10.3. The van der Waals surface area contributed by atoms with E-state index in [1.54, 1.807) is 12.1 Å². The van der Waals surface area contributed by atoms with Crippen LogP contribution in [0.3, 0.4) is 0 Å². The average Bonchev–Trinajstić information content (AvgIpc) is 2.74. The third kappa shape index (κ3) is 4.80. The SMILES string of the molecule is CCCN(CCC)c1ccc(C(=O)N2CCN(c3ccc(F)cc3)CC2)nc1. The molecule has 3 rings (SSSR count). The number of carbonyl (C=O) groups excluding carboxylic acids is 1. The summed E-state index contributed by atoms with van der Waals surface area (Å²) in [4.78, 5) is 23.6. The molecule has 1 aliphatic rings. The zero-order valence-corrected chi connectivity index (χ0v) is 16.8. The predicted octanol–water partition coefficient (Wildman–Crippen LogP) is 3.81. The number of aromatic nitrogens is 1. The van der Waals surface area contributed by atoms with Crippen LogP contribution in [-0.4, -0.2) is 55.1 Å². The van der Waals surface area contributed by atoms with Crippen LogP contribution in [0.2, 0.25) is 0 Å². The maximum atomic E-state index is 13.1. The Kier molecular flexibility index (Phi) is 6.85. The van der Waals surface area contributed by atoms with Crippen LogP contribution in [0.1, 0.15) is 37.2 Å². The average molecular weight is 384 g/mol. The first kappa shape index (κ1) is 20.1. The van der Waals surface area contributed by atoms with Gasteiger partial charge in [0.1, 0.15) is 11.5 Å². The van der Waals surface area contributed by atoms with Crippen LogP contribution < -0.4 is 9.80 Å². The summed E-state index contributed by atoms with van der Waals surface area (Å²) in [5, 5.41) is 0. The molecule has 0 spiro atoms. The molecular formula is C22H29FN4O. The van der Waals surface area contributed by atoms with Crippen molar-refractivity contribution in [1.82, 2.24) is 9.88 Å². The molecule has 6 heteroatoms. The van der Waals surface area contributed by atoms with Gasteiger partial charge in [-0.15, -0.1) is 0 Å². The van der Waals surface area contributed by atoms with E-state index in [0.717, 1.165) is 50.4 Å². The van der Waals surface area contributed by atoms with Crippen molar-refractivity contribution < 1.29 is 9.18 Å². The van der Waals surface area contributed by atoms with Gasteiger partial charge in [-0.05, 0) is 49.2 Å². The summed E-state index contributed by atoms with van der Waals surface area (Å²) in [6.07, 6.45) is 3.98. The Balaban J connectivity index is 1.59. The number of halogens is 1. The van der Waals surface area contributed by atoms with Crippen LogP contribution in [0.25, 0.3) is 0 Å². The molecule has 1 aromatic heterocycles. The van der Waals surface area contributed by atoms with Gasteiger partial charge in [0.15, 0.2) is 0 Å². The Labute approximate surface area is 166 Å². The number of rotatable bonds is 7. The number of carbonyl (C=O) groups is 1. The number of anilines is 2. The molecule has 1 amide bonds. The lowest BCUT2D eigenvalue weighted by atomic mass is 10.2. The van der Waals surface area contributed by atoms with Crippen LogP contribution in [0.15, 0.2) is 42.6 Å². The number of pyridine rings is 1. The van der Waals surface area contributed by atoms with E-state index in [9.17, 15) is 9.18 Å². The largest absolute Gasteiger partial charge is 0.370 e. The van der Waals surface area contributed by atoms with Crippen molar-refractivity contribution >= 4 is 17.3 Å². The van der Waals surface area contributed by atoms with Gasteiger partial charge in [0.05, 0.1) is 11.9 Å². The number of hydrogen-bond donors (Lipinski definition) is 0. The fourth-order valence-corrected chi connectivity index (χ4v) is 3.59. The highest BCUT2D eigenvalue weighted by atomic mass is 19.1. The molecule has 0 N–H and O–H groups in total. The Morgan fingerprint density at radius 2 is 1.64 bits per heavy atom. The van der Waals surface area contributed by atoms with Crippen molar-refractivity contribution in [2.45, 2.75) is 26.7 Å². The fraction of sp³-hybridized carbons (Fsp3) is 0.455. The standard InChI is InChI=1S/C22H29FN4O/c1-3-11-25(12-4-2)20-9-10-21(24-17-20)22(28)27-15-13-26(14-16-27)19-7-5-18(23)6-8-19/h5-10,17H,3-4,11-16H2,1-2H3. The summed E-state index contributed by atoms with van der Waals surface area (Å²) >= 11 is 0. The van der Waals surface area contributed by atoms with Gasteiger partial charge in [-0.25, -0.2) is 9.37 Å². The van der Waals surface area contributed by atoms with Gasteiger partial charge < -0.3 is 14.7 Å². The van der Waals surface area contributed by atoms with E-state index in [-0.39, 0.29) is 11.7 Å². The summed E-state index contributed by atoms with van der Waals surface area (Å²) in [6.45, 7) is 9.06. The number of amides is 1. The van der Waals surface area contributed by atoms with Gasteiger partial charge in [0.2, 0.25) is 0 Å². The van der Waals surface area contributed by atoms with E-state index in [0.29, 0.717) is 18.8 Å². The third-order valence-corrected chi connectivity index (χ3v) is 5.08. The molecule has 1 saturated heterocycles. The van der Waals surface area contributed by atoms with Crippen molar-refractivity contribution in [3.63, 3.8) is 0 Å². The molecular weight excluding hydrogens is 355 g/mol. The highest BCUT2D eigenvalue weighted by molar-refractivity contribution is 5.92. The first-order valence-electron chi connectivity index (χ1n) is 10.1. The summed E-state index contributed by atoms with van der Waals surface area (Å²) in [5.41, 5.74) is 2.55. The smallest absolute Gasteiger partial charge is 0.272 e. The summed E-state index contributed by atoms with van der Waals surface area (Å²) < 4.78 is 13.1. The first-order valence-corrected chi connectivity index (χ1v) is 10.1. The molecule has 28 heavy (non-hydrogen) atoms. The molecule has 1 aromatic carbocycles. The van der Waals surface area contributed by atoms with E-state index in [4.69, 9.17) is 0 Å².